The zero-order valence-electron chi connectivity index (χ0n) is 12.8. The van der Waals surface area contributed by atoms with E-state index in [1.807, 2.05) is 24.3 Å². The molecule has 1 aliphatic rings. The van der Waals surface area contributed by atoms with Crippen LogP contribution in [0.25, 0.3) is 11.3 Å². The Bertz CT molecular complexity index is 678. The monoisotopic (exact) mass is 334 g/mol. The van der Waals surface area contributed by atoms with Gasteiger partial charge >= 0.3 is 5.97 Å². The number of carboxylic acid groups (broad SMARTS) is 1. The maximum absolute atomic E-state index is 11.2. The lowest BCUT2D eigenvalue weighted by molar-refractivity contribution is -0.136. The predicted molar refractivity (Wildman–Crippen MR) is 88.5 cm³/mol. The number of ether oxygens (including phenoxy) is 2. The summed E-state index contributed by atoms with van der Waals surface area (Å²) >= 11 is 1.45. The molecule has 2 heterocycles. The van der Waals surface area contributed by atoms with Crippen molar-refractivity contribution in [3.05, 3.63) is 29.1 Å². The number of carboxylic acids is 1. The molecule has 1 aromatic carbocycles. The Morgan fingerprint density at radius 3 is 2.65 bits per heavy atom. The molecule has 23 heavy (non-hydrogen) atoms. The van der Waals surface area contributed by atoms with Crippen molar-refractivity contribution in [3.63, 3.8) is 0 Å². The van der Waals surface area contributed by atoms with Crippen molar-refractivity contribution < 1.29 is 19.4 Å². The summed E-state index contributed by atoms with van der Waals surface area (Å²) in [6.45, 7) is 2.90. The molecule has 0 saturated carbocycles. The van der Waals surface area contributed by atoms with Gasteiger partial charge < -0.3 is 19.5 Å². The van der Waals surface area contributed by atoms with Gasteiger partial charge in [-0.2, -0.15) is 0 Å². The molecule has 2 aromatic rings. The third-order valence-electron chi connectivity index (χ3n) is 3.64. The summed E-state index contributed by atoms with van der Waals surface area (Å²) in [6.07, 6.45) is -0.0244. The molecule has 0 aliphatic carbocycles. The van der Waals surface area contributed by atoms with Crippen LogP contribution in [0.4, 0.5) is 5.13 Å². The number of methoxy groups -OCH3 is 1. The number of carbonyl (C=O) groups is 1. The largest absolute Gasteiger partial charge is 0.497 e. The van der Waals surface area contributed by atoms with Crippen LogP contribution in [0.2, 0.25) is 0 Å². The number of thiazole rings is 1. The van der Waals surface area contributed by atoms with E-state index in [9.17, 15) is 4.79 Å². The van der Waals surface area contributed by atoms with Crippen LogP contribution in [-0.2, 0) is 16.0 Å². The Kier molecular flexibility index (Phi) is 4.78. The highest BCUT2D eigenvalue weighted by Crippen LogP contribution is 2.34. The van der Waals surface area contributed by atoms with Crippen molar-refractivity contribution in [2.75, 3.05) is 38.3 Å². The second kappa shape index (κ2) is 6.97. The van der Waals surface area contributed by atoms with Gasteiger partial charge in [0.1, 0.15) is 5.75 Å². The first-order valence-corrected chi connectivity index (χ1v) is 8.17. The topological polar surface area (TPSA) is 71.9 Å². The number of aromatic nitrogens is 1. The minimum absolute atomic E-state index is 0.0244. The van der Waals surface area contributed by atoms with E-state index in [2.05, 4.69) is 4.90 Å². The number of hydrogen-bond acceptors (Lipinski definition) is 6. The quantitative estimate of drug-likeness (QED) is 0.904. The second-order valence-electron chi connectivity index (χ2n) is 5.17. The maximum Gasteiger partial charge on any atom is 0.308 e. The summed E-state index contributed by atoms with van der Waals surface area (Å²) in [7, 11) is 1.62. The predicted octanol–water partition coefficient (Wildman–Crippen LogP) is 2.28. The van der Waals surface area contributed by atoms with Gasteiger partial charge in [0.2, 0.25) is 0 Å². The van der Waals surface area contributed by atoms with E-state index in [0.717, 1.165) is 40.1 Å². The molecule has 1 fully saturated rings. The zero-order valence-corrected chi connectivity index (χ0v) is 13.6. The molecule has 122 valence electrons. The fourth-order valence-corrected chi connectivity index (χ4v) is 3.59. The van der Waals surface area contributed by atoms with Crippen LogP contribution in [0.15, 0.2) is 24.3 Å². The first kappa shape index (κ1) is 15.8. The molecule has 0 radical (unpaired) electrons. The Hall–Kier alpha value is -2.12. The number of aliphatic carboxylic acids is 1. The summed E-state index contributed by atoms with van der Waals surface area (Å²) in [5.74, 6) is -0.0888. The summed E-state index contributed by atoms with van der Waals surface area (Å²) < 4.78 is 10.5. The highest BCUT2D eigenvalue weighted by atomic mass is 32.1. The first-order chi connectivity index (χ1) is 11.2. The lowest BCUT2D eigenvalue weighted by Gasteiger charge is -2.26. The Balaban J connectivity index is 1.95. The summed E-state index contributed by atoms with van der Waals surface area (Å²) in [6, 6.07) is 7.52. The van der Waals surface area contributed by atoms with Crippen LogP contribution >= 0.6 is 11.3 Å². The number of hydrogen-bond donors (Lipinski definition) is 1. The van der Waals surface area contributed by atoms with E-state index >= 15 is 0 Å². The molecule has 3 rings (SSSR count). The maximum atomic E-state index is 11.2. The lowest BCUT2D eigenvalue weighted by atomic mass is 10.1. The molecule has 1 aliphatic heterocycles. The van der Waals surface area contributed by atoms with E-state index in [4.69, 9.17) is 19.6 Å². The average Bonchev–Trinajstić information content (AvgIpc) is 2.99. The van der Waals surface area contributed by atoms with Gasteiger partial charge in [-0.25, -0.2) is 4.98 Å². The van der Waals surface area contributed by atoms with Crippen molar-refractivity contribution >= 4 is 22.4 Å². The van der Waals surface area contributed by atoms with Gasteiger partial charge in [0.15, 0.2) is 5.13 Å². The van der Waals surface area contributed by atoms with Crippen LogP contribution in [0, 0.1) is 0 Å². The van der Waals surface area contributed by atoms with E-state index in [0.29, 0.717) is 13.2 Å². The van der Waals surface area contributed by atoms with Gasteiger partial charge in [-0.1, -0.05) is 0 Å². The number of rotatable bonds is 5. The molecule has 0 unspecified atom stereocenters. The van der Waals surface area contributed by atoms with Crippen molar-refractivity contribution in [2.45, 2.75) is 6.42 Å². The Morgan fingerprint density at radius 1 is 1.35 bits per heavy atom. The summed E-state index contributed by atoms with van der Waals surface area (Å²) in [5.41, 5.74) is 1.64. The van der Waals surface area contributed by atoms with Gasteiger partial charge in [0, 0.05) is 23.5 Å². The highest BCUT2D eigenvalue weighted by molar-refractivity contribution is 7.16. The average molecular weight is 334 g/mol. The molecule has 0 spiro atoms. The lowest BCUT2D eigenvalue weighted by Crippen LogP contribution is -2.36. The van der Waals surface area contributed by atoms with Crippen molar-refractivity contribution in [2.24, 2.45) is 0 Å². The van der Waals surface area contributed by atoms with Gasteiger partial charge in [-0.3, -0.25) is 4.79 Å². The molecular weight excluding hydrogens is 316 g/mol. The van der Waals surface area contributed by atoms with Crippen LogP contribution < -0.4 is 9.64 Å². The molecule has 0 bridgehead atoms. The number of nitrogens with zero attached hydrogens (tertiary/aromatic N) is 2. The fourth-order valence-electron chi connectivity index (χ4n) is 2.46. The van der Waals surface area contributed by atoms with Crippen LogP contribution in [0.1, 0.15) is 4.88 Å². The third kappa shape index (κ3) is 3.62. The van der Waals surface area contributed by atoms with Crippen LogP contribution in [0.5, 0.6) is 5.75 Å². The minimum atomic E-state index is -0.850. The molecule has 1 saturated heterocycles. The molecule has 0 atom stereocenters. The van der Waals surface area contributed by atoms with Crippen LogP contribution in [-0.4, -0.2) is 49.5 Å². The van der Waals surface area contributed by atoms with Gasteiger partial charge in [0.25, 0.3) is 0 Å². The van der Waals surface area contributed by atoms with Gasteiger partial charge in [-0.05, 0) is 24.3 Å². The molecule has 7 heteroatoms. The molecule has 6 nitrogen and oxygen atoms in total. The minimum Gasteiger partial charge on any atom is -0.497 e. The number of benzene rings is 1. The normalized spacial score (nSPS) is 14.7. The van der Waals surface area contributed by atoms with E-state index < -0.39 is 5.97 Å². The molecule has 1 N–H and O–H groups in total. The van der Waals surface area contributed by atoms with Gasteiger partial charge in [0.05, 0.1) is 32.4 Å². The number of morpholine rings is 1. The molecular formula is C16H18N2O4S. The Labute approximate surface area is 138 Å². The molecule has 0 amide bonds. The third-order valence-corrected chi connectivity index (χ3v) is 4.76. The van der Waals surface area contributed by atoms with Crippen LogP contribution in [0.3, 0.4) is 0 Å². The highest BCUT2D eigenvalue weighted by Gasteiger charge is 2.20. The fraction of sp³-hybridized carbons (Fsp3) is 0.375. The van der Waals surface area contributed by atoms with Crippen molar-refractivity contribution in [1.29, 1.82) is 0 Å². The second-order valence-corrected chi connectivity index (χ2v) is 6.23. The van der Waals surface area contributed by atoms with Crippen molar-refractivity contribution in [3.8, 4) is 17.0 Å². The smallest absolute Gasteiger partial charge is 0.308 e. The van der Waals surface area contributed by atoms with Gasteiger partial charge in [-0.15, -0.1) is 11.3 Å². The Morgan fingerprint density at radius 2 is 2.04 bits per heavy atom. The van der Waals surface area contributed by atoms with E-state index in [-0.39, 0.29) is 6.42 Å². The van der Waals surface area contributed by atoms with E-state index in [1.54, 1.807) is 7.11 Å². The first-order valence-electron chi connectivity index (χ1n) is 7.36. The zero-order chi connectivity index (χ0) is 16.2. The van der Waals surface area contributed by atoms with Crippen molar-refractivity contribution in [1.82, 2.24) is 4.98 Å². The van der Waals surface area contributed by atoms with E-state index in [1.165, 1.54) is 11.3 Å². The standard InChI is InChI=1S/C16H18N2O4S/c1-21-12-4-2-11(3-5-12)15-13(10-14(19)20)23-16(17-15)18-6-8-22-9-7-18/h2-5H,6-10H2,1H3,(H,19,20). The summed E-state index contributed by atoms with van der Waals surface area (Å²) in [5, 5.41) is 10.0. The molecule has 1 aromatic heterocycles. The SMILES string of the molecule is COc1ccc(-c2nc(N3CCOCC3)sc2CC(=O)O)cc1. The summed E-state index contributed by atoms with van der Waals surface area (Å²) in [4.78, 5) is 18.8. The number of anilines is 1.